The van der Waals surface area contributed by atoms with E-state index in [9.17, 15) is 18.0 Å². The van der Waals surface area contributed by atoms with Crippen molar-refractivity contribution >= 4 is 21.8 Å². The number of hydrazine groups is 1. The summed E-state index contributed by atoms with van der Waals surface area (Å²) in [6.45, 7) is 0.0893. The van der Waals surface area contributed by atoms with Gasteiger partial charge >= 0.3 is 0 Å². The molecule has 0 spiro atoms. The minimum atomic E-state index is -3.68. The third-order valence-corrected chi connectivity index (χ3v) is 5.75. The van der Waals surface area contributed by atoms with Gasteiger partial charge in [-0.05, 0) is 49.2 Å². The van der Waals surface area contributed by atoms with Crippen LogP contribution in [0.25, 0.3) is 0 Å². The van der Waals surface area contributed by atoms with Crippen LogP contribution in [0.2, 0.25) is 0 Å². The summed E-state index contributed by atoms with van der Waals surface area (Å²) < 4.78 is 37.5. The molecular formula is C18H17N3O6S. The average Bonchev–Trinajstić information content (AvgIpc) is 3.37. The van der Waals surface area contributed by atoms with Gasteiger partial charge in [0.05, 0.1) is 4.90 Å². The molecule has 0 aromatic heterocycles. The summed E-state index contributed by atoms with van der Waals surface area (Å²) in [4.78, 5) is 24.5. The molecule has 10 heteroatoms. The molecule has 2 aliphatic rings. The lowest BCUT2D eigenvalue weighted by Gasteiger charge is -2.10. The first-order valence-corrected chi connectivity index (χ1v) is 10.0. The molecule has 0 unspecified atom stereocenters. The summed E-state index contributed by atoms with van der Waals surface area (Å²) in [6.07, 6.45) is 1.62. The molecule has 2 amide bonds. The first-order valence-electron chi connectivity index (χ1n) is 8.55. The molecule has 9 nitrogen and oxygen atoms in total. The number of hydrogen-bond acceptors (Lipinski definition) is 6. The highest BCUT2D eigenvalue weighted by Crippen LogP contribution is 2.32. The maximum atomic E-state index is 12.3. The number of ether oxygens (including phenoxy) is 2. The van der Waals surface area contributed by atoms with Crippen LogP contribution in [-0.4, -0.2) is 33.1 Å². The average molecular weight is 403 g/mol. The largest absolute Gasteiger partial charge is 0.454 e. The van der Waals surface area contributed by atoms with Crippen LogP contribution in [0.1, 0.15) is 33.6 Å². The Morgan fingerprint density at radius 3 is 2.29 bits per heavy atom. The fourth-order valence-corrected chi connectivity index (χ4v) is 3.94. The number of sulfonamides is 1. The molecule has 1 saturated carbocycles. The molecule has 0 atom stereocenters. The summed E-state index contributed by atoms with van der Waals surface area (Å²) in [5.74, 6) is -0.207. The van der Waals surface area contributed by atoms with Gasteiger partial charge in [0.1, 0.15) is 0 Å². The SMILES string of the molecule is O=C(NNC(=O)c1ccc2c(c1)OCO2)c1cccc(S(=O)(=O)NC2CC2)c1. The third-order valence-electron chi connectivity index (χ3n) is 4.23. The van der Waals surface area contributed by atoms with Crippen molar-refractivity contribution in [3.05, 3.63) is 53.6 Å². The van der Waals surface area contributed by atoms with Crippen LogP contribution in [0.5, 0.6) is 11.5 Å². The van der Waals surface area contributed by atoms with Gasteiger partial charge in [0.2, 0.25) is 16.8 Å². The lowest BCUT2D eigenvalue weighted by molar-refractivity contribution is 0.0846. The summed E-state index contributed by atoms with van der Waals surface area (Å²) in [7, 11) is -3.68. The van der Waals surface area contributed by atoms with E-state index < -0.39 is 21.8 Å². The Morgan fingerprint density at radius 1 is 0.893 bits per heavy atom. The van der Waals surface area contributed by atoms with Crippen molar-refractivity contribution in [3.8, 4) is 11.5 Å². The molecule has 1 fully saturated rings. The van der Waals surface area contributed by atoms with Crippen LogP contribution in [-0.2, 0) is 10.0 Å². The molecule has 2 aromatic carbocycles. The van der Waals surface area contributed by atoms with Crippen LogP contribution in [0.4, 0.5) is 0 Å². The zero-order valence-corrected chi connectivity index (χ0v) is 15.4. The van der Waals surface area contributed by atoms with Gasteiger partial charge < -0.3 is 9.47 Å². The van der Waals surface area contributed by atoms with Gasteiger partial charge in [-0.25, -0.2) is 13.1 Å². The van der Waals surface area contributed by atoms with Gasteiger partial charge in [-0.1, -0.05) is 6.07 Å². The Balaban J connectivity index is 1.41. The maximum absolute atomic E-state index is 12.3. The minimum Gasteiger partial charge on any atom is -0.454 e. The number of rotatable bonds is 5. The van der Waals surface area contributed by atoms with Gasteiger partial charge in [-0.3, -0.25) is 20.4 Å². The number of carbonyl (C=O) groups excluding carboxylic acids is 2. The van der Waals surface area contributed by atoms with Crippen molar-refractivity contribution in [2.75, 3.05) is 6.79 Å². The highest BCUT2D eigenvalue weighted by molar-refractivity contribution is 7.89. The number of fused-ring (bicyclic) bond motifs is 1. The molecular weight excluding hydrogens is 386 g/mol. The van der Waals surface area contributed by atoms with E-state index in [0.717, 1.165) is 12.8 Å². The first-order chi connectivity index (χ1) is 13.4. The van der Waals surface area contributed by atoms with Crippen molar-refractivity contribution in [1.82, 2.24) is 15.6 Å². The van der Waals surface area contributed by atoms with Crippen molar-refractivity contribution < 1.29 is 27.5 Å². The van der Waals surface area contributed by atoms with Crippen molar-refractivity contribution in [2.24, 2.45) is 0 Å². The van der Waals surface area contributed by atoms with E-state index in [1.807, 2.05) is 0 Å². The number of amides is 2. The van der Waals surface area contributed by atoms with Crippen LogP contribution < -0.4 is 25.0 Å². The summed E-state index contributed by atoms with van der Waals surface area (Å²) in [6, 6.07) is 10.2. The second kappa shape index (κ2) is 7.13. The van der Waals surface area contributed by atoms with Crippen molar-refractivity contribution in [1.29, 1.82) is 0 Å². The second-order valence-electron chi connectivity index (χ2n) is 6.40. The minimum absolute atomic E-state index is 0.00542. The molecule has 1 aliphatic carbocycles. The molecule has 0 saturated heterocycles. The number of carbonyl (C=O) groups is 2. The lowest BCUT2D eigenvalue weighted by Crippen LogP contribution is -2.41. The summed E-state index contributed by atoms with van der Waals surface area (Å²) in [5, 5.41) is 0. The van der Waals surface area contributed by atoms with Gasteiger partial charge in [0, 0.05) is 17.2 Å². The quantitative estimate of drug-likeness (QED) is 0.639. The van der Waals surface area contributed by atoms with Crippen molar-refractivity contribution in [2.45, 2.75) is 23.8 Å². The molecule has 1 aliphatic heterocycles. The van der Waals surface area contributed by atoms with E-state index >= 15 is 0 Å². The van der Waals surface area contributed by atoms with E-state index in [2.05, 4.69) is 15.6 Å². The molecule has 2 aromatic rings. The van der Waals surface area contributed by atoms with Crippen molar-refractivity contribution in [3.63, 3.8) is 0 Å². The van der Waals surface area contributed by atoms with E-state index in [-0.39, 0.29) is 28.9 Å². The molecule has 1 heterocycles. The van der Waals surface area contributed by atoms with Gasteiger partial charge in [0.25, 0.3) is 11.8 Å². The highest BCUT2D eigenvalue weighted by Gasteiger charge is 2.28. The molecule has 0 radical (unpaired) electrons. The number of hydrogen-bond donors (Lipinski definition) is 3. The number of benzene rings is 2. The van der Waals surface area contributed by atoms with Gasteiger partial charge in [-0.2, -0.15) is 0 Å². The Kier molecular flexibility index (Phi) is 4.65. The first kappa shape index (κ1) is 18.3. The van der Waals surface area contributed by atoms with E-state index in [4.69, 9.17) is 9.47 Å². The topological polar surface area (TPSA) is 123 Å². The monoisotopic (exact) mass is 403 g/mol. The predicted molar refractivity (Wildman–Crippen MR) is 97.3 cm³/mol. The third kappa shape index (κ3) is 3.92. The van der Waals surface area contributed by atoms with Crippen LogP contribution in [0, 0.1) is 0 Å². The van der Waals surface area contributed by atoms with Gasteiger partial charge in [0.15, 0.2) is 11.5 Å². The Bertz CT molecular complexity index is 1050. The molecule has 28 heavy (non-hydrogen) atoms. The molecule has 146 valence electrons. The Morgan fingerprint density at radius 2 is 1.57 bits per heavy atom. The van der Waals surface area contributed by atoms with E-state index in [1.165, 1.54) is 36.4 Å². The Labute approximate surface area is 161 Å². The van der Waals surface area contributed by atoms with Gasteiger partial charge in [-0.15, -0.1) is 0 Å². The molecule has 3 N–H and O–H groups in total. The Hall–Kier alpha value is -3.11. The van der Waals surface area contributed by atoms with Crippen LogP contribution in [0.15, 0.2) is 47.4 Å². The fraction of sp³-hybridized carbons (Fsp3) is 0.222. The lowest BCUT2D eigenvalue weighted by atomic mass is 10.2. The zero-order chi connectivity index (χ0) is 19.7. The zero-order valence-electron chi connectivity index (χ0n) is 14.6. The summed E-state index contributed by atoms with van der Waals surface area (Å²) >= 11 is 0. The highest BCUT2D eigenvalue weighted by atomic mass is 32.2. The fourth-order valence-electron chi connectivity index (χ4n) is 2.59. The van der Waals surface area contributed by atoms with Crippen LogP contribution >= 0.6 is 0 Å². The normalized spacial score (nSPS) is 15.1. The van der Waals surface area contributed by atoms with Crippen LogP contribution in [0.3, 0.4) is 0 Å². The number of nitrogens with one attached hydrogen (secondary N) is 3. The van der Waals surface area contributed by atoms with E-state index in [1.54, 1.807) is 6.07 Å². The smallest absolute Gasteiger partial charge is 0.269 e. The maximum Gasteiger partial charge on any atom is 0.269 e. The molecule has 0 bridgehead atoms. The second-order valence-corrected chi connectivity index (χ2v) is 8.11. The predicted octanol–water partition coefficient (Wildman–Crippen LogP) is 0.931. The van der Waals surface area contributed by atoms with E-state index in [0.29, 0.717) is 11.5 Å². The standard InChI is InChI=1S/C18H17N3O6S/c22-17(11-2-1-3-14(8-11)28(24,25)21-13-5-6-13)19-20-18(23)12-4-7-15-16(9-12)27-10-26-15/h1-4,7-9,13,21H,5-6,10H2,(H,19,22)(H,20,23). The summed E-state index contributed by atoms with van der Waals surface area (Å²) in [5.41, 5.74) is 4.93. The molecule has 4 rings (SSSR count).